The van der Waals surface area contributed by atoms with Gasteiger partial charge in [0.15, 0.2) is 10.0 Å². The largest absolute Gasteiger partial charge is 0.408 e. The van der Waals surface area contributed by atoms with Crippen molar-refractivity contribution in [2.75, 3.05) is 0 Å². The number of aromatic nitrogens is 4. The van der Waals surface area contributed by atoms with Gasteiger partial charge in [-0.3, -0.25) is 14.3 Å². The smallest absolute Gasteiger partial charge is 0.333 e. The zero-order valence-corrected chi connectivity index (χ0v) is 25.9. The zero-order chi connectivity index (χ0) is 32.6. The van der Waals surface area contributed by atoms with E-state index in [4.69, 9.17) is 6.57 Å². The van der Waals surface area contributed by atoms with Crippen LogP contribution < -0.4 is 4.72 Å². The fourth-order valence-corrected chi connectivity index (χ4v) is 9.08. The lowest BCUT2D eigenvalue weighted by Crippen LogP contribution is -2.45. The van der Waals surface area contributed by atoms with Crippen molar-refractivity contribution in [1.29, 1.82) is 0 Å². The standard InChI is InChI=1S/C29H28F5N7O3S2/c1-35-28(8-9-28)39-46(43,44)19-12-20(16-10-17-6-7-18(11-16)41(17)27(42)15-4-2-3-5-15)23-21(13-19)22(38-40(23)14-29(32,33)34)25-36-37-26(45-25)24(30)31/h10,12-13,15,17-18,24,39H,2-9,11,14H2. The van der Waals surface area contributed by atoms with Gasteiger partial charge in [0.1, 0.15) is 12.2 Å². The van der Waals surface area contributed by atoms with Crippen molar-refractivity contribution < 1.29 is 35.2 Å². The molecule has 46 heavy (non-hydrogen) atoms. The number of carbonyl (C=O) groups excluding carboxylic acids is 1. The first kappa shape index (κ1) is 31.1. The van der Waals surface area contributed by atoms with Crippen LogP contribution in [-0.2, 0) is 21.4 Å². The third-order valence-corrected chi connectivity index (χ3v) is 11.7. The van der Waals surface area contributed by atoms with Crippen molar-refractivity contribution in [2.24, 2.45) is 5.92 Å². The minimum atomic E-state index is -4.73. The van der Waals surface area contributed by atoms with Crippen LogP contribution in [0.2, 0.25) is 0 Å². The van der Waals surface area contributed by atoms with Crippen LogP contribution in [0, 0.1) is 12.5 Å². The molecular weight excluding hydrogens is 653 g/mol. The number of alkyl halides is 5. The molecule has 2 aliphatic heterocycles. The number of sulfonamides is 1. The van der Waals surface area contributed by atoms with Gasteiger partial charge >= 0.3 is 6.18 Å². The average Bonchev–Trinajstić information content (AvgIpc) is 3.44. The molecule has 4 heterocycles. The van der Waals surface area contributed by atoms with Crippen LogP contribution in [0.25, 0.3) is 32.0 Å². The molecule has 244 valence electrons. The van der Waals surface area contributed by atoms with Crippen LogP contribution in [-0.4, -0.2) is 63.1 Å². The highest BCUT2D eigenvalue weighted by Gasteiger charge is 2.54. The van der Waals surface area contributed by atoms with Crippen LogP contribution in [0.15, 0.2) is 23.1 Å². The molecule has 7 rings (SSSR count). The van der Waals surface area contributed by atoms with Gasteiger partial charge in [-0.15, -0.1) is 14.9 Å². The number of rotatable bonds is 8. The summed E-state index contributed by atoms with van der Waals surface area (Å²) in [5, 5.41) is 10.5. The van der Waals surface area contributed by atoms with E-state index in [1.54, 1.807) is 0 Å². The number of nitrogens with one attached hydrogen (secondary N) is 1. The number of hydrogen-bond donors (Lipinski definition) is 1. The first-order valence-electron chi connectivity index (χ1n) is 15.0. The average molecular weight is 682 g/mol. The van der Waals surface area contributed by atoms with Crippen LogP contribution in [0.1, 0.15) is 74.8 Å². The second kappa shape index (κ2) is 11.1. The van der Waals surface area contributed by atoms with Gasteiger partial charge in [0.05, 0.1) is 29.3 Å². The van der Waals surface area contributed by atoms with Crippen LogP contribution >= 0.6 is 11.3 Å². The topological polar surface area (TPSA) is 114 Å². The Labute approximate surface area is 264 Å². The second-order valence-corrected chi connectivity index (χ2v) is 15.1. The van der Waals surface area contributed by atoms with Crippen LogP contribution in [0.5, 0.6) is 0 Å². The quantitative estimate of drug-likeness (QED) is 0.228. The fourth-order valence-electron chi connectivity index (χ4n) is 6.97. The lowest BCUT2D eigenvalue weighted by Gasteiger charge is -2.36. The number of nitrogens with zero attached hydrogens (tertiary/aromatic N) is 6. The molecule has 1 aromatic carbocycles. The Kier molecular flexibility index (Phi) is 7.48. The maximum absolute atomic E-state index is 13.9. The second-order valence-electron chi connectivity index (χ2n) is 12.4. The zero-order valence-electron chi connectivity index (χ0n) is 24.2. The Balaban J connectivity index is 1.41. The fraction of sp³-hybridized carbons (Fsp3) is 0.552. The van der Waals surface area contributed by atoms with Gasteiger partial charge in [-0.1, -0.05) is 30.3 Å². The molecule has 2 aliphatic carbocycles. The van der Waals surface area contributed by atoms with Gasteiger partial charge in [-0.2, -0.15) is 18.3 Å². The van der Waals surface area contributed by atoms with E-state index in [1.165, 1.54) is 6.07 Å². The molecule has 2 bridgehead atoms. The Bertz CT molecular complexity index is 1900. The predicted molar refractivity (Wildman–Crippen MR) is 157 cm³/mol. The Morgan fingerprint density at radius 3 is 2.50 bits per heavy atom. The summed E-state index contributed by atoms with van der Waals surface area (Å²) in [5.74, 6) is 0.0256. The normalized spacial score (nSPS) is 22.9. The molecular formula is C29H28F5N7O3S2. The lowest BCUT2D eigenvalue weighted by atomic mass is 9.91. The first-order valence-corrected chi connectivity index (χ1v) is 17.3. The van der Waals surface area contributed by atoms with Gasteiger partial charge in [0, 0.05) is 22.9 Å². The van der Waals surface area contributed by atoms with Crippen molar-refractivity contribution in [3.63, 3.8) is 0 Å². The molecule has 2 atom stereocenters. The third kappa shape index (κ3) is 5.57. The molecule has 3 aromatic rings. The Morgan fingerprint density at radius 1 is 1.15 bits per heavy atom. The van der Waals surface area contributed by atoms with Crippen LogP contribution in [0.4, 0.5) is 22.0 Å². The van der Waals surface area contributed by atoms with Gasteiger partial charge in [-0.05, 0) is 49.8 Å². The summed E-state index contributed by atoms with van der Waals surface area (Å²) in [4.78, 5) is 18.5. The molecule has 3 fully saturated rings. The molecule has 10 nitrogen and oxygen atoms in total. The summed E-state index contributed by atoms with van der Waals surface area (Å²) < 4.78 is 99.0. The van der Waals surface area contributed by atoms with Gasteiger partial charge in [-0.25, -0.2) is 23.8 Å². The molecule has 0 spiro atoms. The number of benzene rings is 1. The molecule has 2 saturated carbocycles. The number of hydrogen-bond acceptors (Lipinski definition) is 7. The summed E-state index contributed by atoms with van der Waals surface area (Å²) in [6.45, 7) is 5.91. The summed E-state index contributed by atoms with van der Waals surface area (Å²) in [5.41, 5.74) is -0.806. The number of amides is 1. The highest BCUT2D eigenvalue weighted by Crippen LogP contribution is 2.45. The van der Waals surface area contributed by atoms with Crippen molar-refractivity contribution in [2.45, 2.75) is 99.6 Å². The monoisotopic (exact) mass is 681 g/mol. The number of carbonyl (C=O) groups is 1. The summed E-state index contributed by atoms with van der Waals surface area (Å²) in [7, 11) is -4.37. The maximum Gasteiger partial charge on any atom is 0.408 e. The summed E-state index contributed by atoms with van der Waals surface area (Å²) in [6.07, 6.45) is -0.00464. The number of fused-ring (bicyclic) bond motifs is 3. The van der Waals surface area contributed by atoms with E-state index in [9.17, 15) is 35.2 Å². The van der Waals surface area contributed by atoms with Gasteiger partial charge < -0.3 is 4.90 Å². The highest BCUT2D eigenvalue weighted by molar-refractivity contribution is 7.89. The molecule has 1 amide bonds. The molecule has 4 aliphatic rings. The van der Waals surface area contributed by atoms with Gasteiger partial charge in [0.2, 0.25) is 15.9 Å². The van der Waals surface area contributed by atoms with Crippen molar-refractivity contribution >= 4 is 43.7 Å². The molecule has 17 heteroatoms. The van der Waals surface area contributed by atoms with E-state index < -0.39 is 39.8 Å². The third-order valence-electron chi connectivity index (χ3n) is 9.25. The molecule has 2 aromatic heterocycles. The summed E-state index contributed by atoms with van der Waals surface area (Å²) in [6, 6.07) is 1.92. The maximum atomic E-state index is 13.9. The van der Waals surface area contributed by atoms with Crippen molar-refractivity contribution in [3.05, 3.63) is 40.2 Å². The molecule has 0 radical (unpaired) electrons. The van der Waals surface area contributed by atoms with Crippen molar-refractivity contribution in [3.8, 4) is 10.7 Å². The van der Waals surface area contributed by atoms with Gasteiger partial charge in [0.25, 0.3) is 12.1 Å². The Morgan fingerprint density at radius 2 is 1.89 bits per heavy atom. The SMILES string of the molecule is [C-]#[N+]C1(NS(=O)(=O)c2cc(C3=CC4CCC(C3)N4C(=O)C3CCCC3)c3c(c2)c(-c2nnc(C(F)F)s2)nn3CC(F)(F)F)CC1. The molecule has 2 unspecified atom stereocenters. The van der Waals surface area contributed by atoms with E-state index in [1.807, 2.05) is 11.0 Å². The van der Waals surface area contributed by atoms with E-state index in [-0.39, 0.29) is 62.4 Å². The highest BCUT2D eigenvalue weighted by atomic mass is 32.2. The van der Waals surface area contributed by atoms with Crippen molar-refractivity contribution in [1.82, 2.24) is 29.6 Å². The predicted octanol–water partition coefficient (Wildman–Crippen LogP) is 6.08. The van der Waals surface area contributed by atoms with Crippen LogP contribution in [0.3, 0.4) is 0 Å². The first-order chi connectivity index (χ1) is 21.8. The van der Waals surface area contributed by atoms with E-state index in [0.29, 0.717) is 47.3 Å². The number of halogens is 5. The molecule has 1 saturated heterocycles. The van der Waals surface area contributed by atoms with E-state index in [2.05, 4.69) is 24.9 Å². The van der Waals surface area contributed by atoms with E-state index >= 15 is 0 Å². The summed E-state index contributed by atoms with van der Waals surface area (Å²) >= 11 is 0.452. The lowest BCUT2D eigenvalue weighted by molar-refractivity contribution is -0.142. The Hall–Kier alpha value is -3.49. The minimum Gasteiger partial charge on any atom is -0.333 e. The minimum absolute atomic E-state index is 0.0346. The van der Waals surface area contributed by atoms with E-state index in [0.717, 1.165) is 31.7 Å². The molecule has 1 N–H and O–H groups in total.